The molecule has 1 aromatic heterocycles. The maximum Gasteiger partial charge on any atom is 0.337 e. The lowest BCUT2D eigenvalue weighted by Crippen LogP contribution is -2.30. The number of aromatic carboxylic acids is 1. The molecule has 3 N–H and O–H groups in total. The zero-order valence-electron chi connectivity index (χ0n) is 11.0. The Morgan fingerprint density at radius 3 is 2.81 bits per heavy atom. The topological polar surface area (TPSA) is 109 Å². The van der Waals surface area contributed by atoms with Crippen LogP contribution < -0.4 is 10.6 Å². The number of carboxylic acids is 1. The molecule has 1 heterocycles. The highest BCUT2D eigenvalue weighted by Crippen LogP contribution is 2.19. The van der Waals surface area contributed by atoms with Crippen molar-refractivity contribution in [1.29, 1.82) is 0 Å². The van der Waals surface area contributed by atoms with E-state index in [9.17, 15) is 14.0 Å². The normalized spacial score (nSPS) is 10.2. The summed E-state index contributed by atoms with van der Waals surface area (Å²) in [5.74, 6) is -1.67. The summed E-state index contributed by atoms with van der Waals surface area (Å²) in [6.45, 7) is 0.0686. The van der Waals surface area contributed by atoms with E-state index in [1.807, 2.05) is 0 Å². The van der Waals surface area contributed by atoms with Crippen LogP contribution in [-0.2, 0) is 13.6 Å². The number of aryl methyl sites for hydroxylation is 1. The summed E-state index contributed by atoms with van der Waals surface area (Å²) in [6.07, 6.45) is 1.47. The molecule has 0 unspecified atom stereocenters. The number of rotatable bonds is 4. The molecule has 8 nitrogen and oxygen atoms in total. The third-order valence-corrected chi connectivity index (χ3v) is 2.69. The molecule has 0 fully saturated rings. The molecule has 0 spiro atoms. The first-order valence-corrected chi connectivity index (χ1v) is 5.88. The van der Waals surface area contributed by atoms with Crippen LogP contribution in [0.2, 0.25) is 0 Å². The fourth-order valence-electron chi connectivity index (χ4n) is 1.61. The number of hydrogen-bond donors (Lipinski definition) is 3. The van der Waals surface area contributed by atoms with Gasteiger partial charge in [0.2, 0.25) is 0 Å². The summed E-state index contributed by atoms with van der Waals surface area (Å²) in [4.78, 5) is 22.7. The lowest BCUT2D eigenvalue weighted by atomic mass is 10.1. The van der Waals surface area contributed by atoms with E-state index in [1.165, 1.54) is 18.5 Å². The summed E-state index contributed by atoms with van der Waals surface area (Å²) in [6, 6.07) is 2.76. The van der Waals surface area contributed by atoms with Crippen molar-refractivity contribution < 1.29 is 19.1 Å². The first kappa shape index (κ1) is 14.4. The van der Waals surface area contributed by atoms with Crippen LogP contribution in [0.15, 0.2) is 24.5 Å². The number of benzene rings is 1. The molecule has 0 aliphatic carbocycles. The van der Waals surface area contributed by atoms with E-state index < -0.39 is 17.8 Å². The number of hydrogen-bond acceptors (Lipinski definition) is 4. The number of carbonyl (C=O) groups is 2. The Morgan fingerprint density at radius 1 is 1.43 bits per heavy atom. The van der Waals surface area contributed by atoms with Crippen molar-refractivity contribution in [2.24, 2.45) is 7.05 Å². The molecule has 2 rings (SSSR count). The van der Waals surface area contributed by atoms with Gasteiger partial charge in [-0.1, -0.05) is 6.07 Å². The minimum atomic E-state index is -1.34. The van der Waals surface area contributed by atoms with Crippen LogP contribution in [-0.4, -0.2) is 31.9 Å². The first-order valence-electron chi connectivity index (χ1n) is 5.88. The summed E-state index contributed by atoms with van der Waals surface area (Å²) in [5, 5.41) is 21.0. The molecule has 0 bridgehead atoms. The van der Waals surface area contributed by atoms with Crippen molar-refractivity contribution >= 4 is 17.7 Å². The van der Waals surface area contributed by atoms with Gasteiger partial charge in [-0.25, -0.2) is 14.0 Å². The maximum absolute atomic E-state index is 13.6. The van der Waals surface area contributed by atoms with Crippen LogP contribution in [0.5, 0.6) is 0 Å². The van der Waals surface area contributed by atoms with Crippen LogP contribution in [0.4, 0.5) is 14.9 Å². The third-order valence-electron chi connectivity index (χ3n) is 2.69. The van der Waals surface area contributed by atoms with E-state index in [2.05, 4.69) is 20.8 Å². The van der Waals surface area contributed by atoms with Gasteiger partial charge in [-0.15, -0.1) is 10.2 Å². The van der Waals surface area contributed by atoms with Gasteiger partial charge in [-0.05, 0) is 12.1 Å². The minimum absolute atomic E-state index is 0.0686. The number of nitrogens with one attached hydrogen (secondary N) is 2. The fourth-order valence-corrected chi connectivity index (χ4v) is 1.61. The molecular weight excluding hydrogens is 281 g/mol. The smallest absolute Gasteiger partial charge is 0.337 e. The van der Waals surface area contributed by atoms with Crippen molar-refractivity contribution in [1.82, 2.24) is 20.1 Å². The minimum Gasteiger partial charge on any atom is -0.478 e. The second kappa shape index (κ2) is 5.99. The number of carbonyl (C=O) groups excluding carboxylic acids is 1. The van der Waals surface area contributed by atoms with Gasteiger partial charge >= 0.3 is 12.0 Å². The van der Waals surface area contributed by atoms with Crippen LogP contribution in [0.3, 0.4) is 0 Å². The Morgan fingerprint density at radius 2 is 2.19 bits per heavy atom. The lowest BCUT2D eigenvalue weighted by Gasteiger charge is -2.10. The third kappa shape index (κ3) is 3.32. The van der Waals surface area contributed by atoms with Gasteiger partial charge < -0.3 is 20.3 Å². The number of carboxylic acid groups (broad SMARTS) is 1. The van der Waals surface area contributed by atoms with Crippen LogP contribution in [0, 0.1) is 5.82 Å². The standard InChI is InChI=1S/C12H12FN5O3/c1-18-6-15-17-9(18)5-14-12(21)16-10-7(11(19)20)3-2-4-8(10)13/h2-4,6H,5H2,1H3,(H,19,20)(H2,14,16,21). The van der Waals surface area contributed by atoms with Gasteiger partial charge in [-0.3, -0.25) is 0 Å². The number of halogens is 1. The zero-order valence-corrected chi connectivity index (χ0v) is 11.0. The number of amides is 2. The molecule has 1 aromatic carbocycles. The second-order valence-electron chi connectivity index (χ2n) is 4.13. The quantitative estimate of drug-likeness (QED) is 0.778. The van der Waals surface area contributed by atoms with Crippen molar-refractivity contribution in [3.63, 3.8) is 0 Å². The second-order valence-corrected chi connectivity index (χ2v) is 4.13. The van der Waals surface area contributed by atoms with Crippen LogP contribution in [0.1, 0.15) is 16.2 Å². The average Bonchev–Trinajstić information content (AvgIpc) is 2.84. The molecule has 21 heavy (non-hydrogen) atoms. The van der Waals surface area contributed by atoms with Gasteiger partial charge in [-0.2, -0.15) is 0 Å². The molecule has 0 saturated carbocycles. The zero-order chi connectivity index (χ0) is 15.4. The molecule has 0 aliphatic heterocycles. The molecule has 9 heteroatoms. The predicted molar refractivity (Wildman–Crippen MR) is 70.2 cm³/mol. The Bertz CT molecular complexity index is 685. The van der Waals surface area contributed by atoms with Crippen LogP contribution >= 0.6 is 0 Å². The highest BCUT2D eigenvalue weighted by molar-refractivity contribution is 6.00. The number of aromatic nitrogens is 3. The van der Waals surface area contributed by atoms with E-state index in [4.69, 9.17) is 5.11 Å². The van der Waals surface area contributed by atoms with E-state index in [0.717, 1.165) is 6.07 Å². The van der Waals surface area contributed by atoms with Crippen molar-refractivity contribution in [3.05, 3.63) is 41.7 Å². The maximum atomic E-state index is 13.6. The molecule has 2 aromatic rings. The Kier molecular flexibility index (Phi) is 4.12. The number of anilines is 1. The molecule has 2 amide bonds. The first-order chi connectivity index (χ1) is 9.99. The van der Waals surface area contributed by atoms with Crippen molar-refractivity contribution in [2.75, 3.05) is 5.32 Å². The highest BCUT2D eigenvalue weighted by atomic mass is 19.1. The van der Waals surface area contributed by atoms with Gasteiger partial charge in [0.15, 0.2) is 5.82 Å². The highest BCUT2D eigenvalue weighted by Gasteiger charge is 2.16. The molecule has 0 atom stereocenters. The van der Waals surface area contributed by atoms with Crippen LogP contribution in [0.25, 0.3) is 0 Å². The molecule has 0 aliphatic rings. The summed E-state index contributed by atoms with van der Waals surface area (Å²) in [5.41, 5.74) is -0.718. The Hall–Kier alpha value is -2.97. The predicted octanol–water partition coefficient (Wildman–Crippen LogP) is 0.974. The number of urea groups is 1. The molecular formula is C12H12FN5O3. The Labute approximate surface area is 118 Å². The number of nitrogens with zero attached hydrogens (tertiary/aromatic N) is 3. The molecule has 0 radical (unpaired) electrons. The van der Waals surface area contributed by atoms with E-state index in [0.29, 0.717) is 5.82 Å². The van der Waals surface area contributed by atoms with Crippen molar-refractivity contribution in [3.8, 4) is 0 Å². The van der Waals surface area contributed by atoms with Gasteiger partial charge in [0.05, 0.1) is 17.8 Å². The molecule has 0 saturated heterocycles. The van der Waals surface area contributed by atoms with E-state index >= 15 is 0 Å². The van der Waals surface area contributed by atoms with Gasteiger partial charge in [0.1, 0.15) is 12.1 Å². The van der Waals surface area contributed by atoms with Crippen molar-refractivity contribution in [2.45, 2.75) is 6.54 Å². The van der Waals surface area contributed by atoms with Gasteiger partial charge in [0, 0.05) is 7.05 Å². The Balaban J connectivity index is 2.06. The summed E-state index contributed by atoms with van der Waals surface area (Å²) < 4.78 is 15.2. The fraction of sp³-hybridized carbons (Fsp3) is 0.167. The molecule has 110 valence electrons. The summed E-state index contributed by atoms with van der Waals surface area (Å²) >= 11 is 0. The van der Waals surface area contributed by atoms with Gasteiger partial charge in [0.25, 0.3) is 0 Å². The lowest BCUT2D eigenvalue weighted by molar-refractivity contribution is 0.0697. The largest absolute Gasteiger partial charge is 0.478 e. The monoisotopic (exact) mass is 293 g/mol. The SMILES string of the molecule is Cn1cnnc1CNC(=O)Nc1c(F)cccc1C(=O)O. The number of para-hydroxylation sites is 1. The van der Waals surface area contributed by atoms with E-state index in [-0.39, 0.29) is 17.8 Å². The summed E-state index contributed by atoms with van der Waals surface area (Å²) in [7, 11) is 1.70. The van der Waals surface area contributed by atoms with E-state index in [1.54, 1.807) is 11.6 Å². The average molecular weight is 293 g/mol.